The number of carbonyl (C=O) groups is 3. The number of hydrogen-bond donors (Lipinski definition) is 1. The summed E-state index contributed by atoms with van der Waals surface area (Å²) in [6.07, 6.45) is 0. The lowest BCUT2D eigenvalue weighted by molar-refractivity contribution is -0.132. The number of fused-ring (bicyclic) bond motifs is 3. The number of nitrogens with zero attached hydrogens (tertiary/aromatic N) is 2. The van der Waals surface area contributed by atoms with E-state index in [2.05, 4.69) is 0 Å². The first-order valence-electron chi connectivity index (χ1n) is 12.1. The average molecular weight is 519 g/mol. The molecule has 2 amide bonds. The molecule has 6 nitrogen and oxygen atoms in total. The van der Waals surface area contributed by atoms with Gasteiger partial charge in [-0.05, 0) is 29.8 Å². The van der Waals surface area contributed by atoms with E-state index in [4.69, 9.17) is 0 Å². The van der Waals surface area contributed by atoms with Crippen LogP contribution in [0.1, 0.15) is 11.1 Å². The molecule has 6 rings (SSSR count). The normalized spacial score (nSPS) is 19.8. The molecular weight excluding hydrogens is 496 g/mol. The van der Waals surface area contributed by atoms with Crippen molar-refractivity contribution in [3.63, 3.8) is 0 Å². The van der Waals surface area contributed by atoms with E-state index in [1.54, 1.807) is 59.5 Å². The molecule has 0 bridgehead atoms. The van der Waals surface area contributed by atoms with Crippen LogP contribution in [0.2, 0.25) is 0 Å². The molecule has 0 radical (unpaired) electrons. The van der Waals surface area contributed by atoms with Crippen molar-refractivity contribution >= 4 is 46.5 Å². The highest BCUT2D eigenvalue weighted by atomic mass is 32.2. The van der Waals surface area contributed by atoms with E-state index in [-0.39, 0.29) is 17.9 Å². The molecule has 0 aromatic heterocycles. The van der Waals surface area contributed by atoms with Gasteiger partial charge in [-0.3, -0.25) is 19.3 Å². The van der Waals surface area contributed by atoms with Crippen LogP contribution < -0.4 is 9.80 Å². The molecule has 38 heavy (non-hydrogen) atoms. The summed E-state index contributed by atoms with van der Waals surface area (Å²) in [6, 6.07) is 34.2. The van der Waals surface area contributed by atoms with E-state index < -0.39 is 22.5 Å². The van der Waals surface area contributed by atoms with E-state index in [0.29, 0.717) is 21.8 Å². The molecule has 2 aliphatic rings. The van der Waals surface area contributed by atoms with Crippen molar-refractivity contribution in [1.82, 2.24) is 0 Å². The Labute approximate surface area is 223 Å². The summed E-state index contributed by atoms with van der Waals surface area (Å²) in [5.41, 5.74) is 1.95. The number of carbonyl (C=O) groups excluding carboxylic acids is 3. The highest BCUT2D eigenvalue weighted by Gasteiger charge is 2.66. The second kappa shape index (κ2) is 9.36. The van der Waals surface area contributed by atoms with Crippen LogP contribution in [0.25, 0.3) is 5.76 Å². The fourth-order valence-corrected chi connectivity index (χ4v) is 6.40. The summed E-state index contributed by atoms with van der Waals surface area (Å²) in [6.45, 7) is 0.226. The Morgan fingerprint density at radius 1 is 0.711 bits per heavy atom. The van der Waals surface area contributed by atoms with E-state index in [1.165, 1.54) is 4.90 Å². The lowest BCUT2D eigenvalue weighted by Crippen LogP contribution is -2.60. The minimum Gasteiger partial charge on any atom is -0.507 e. The molecule has 4 aromatic rings. The number of thioether (sulfide) groups is 1. The number of hydrogen-bond acceptors (Lipinski definition) is 5. The molecule has 0 saturated carbocycles. The highest BCUT2D eigenvalue weighted by Crippen LogP contribution is 2.56. The largest absolute Gasteiger partial charge is 0.507 e. The predicted octanol–water partition coefficient (Wildman–Crippen LogP) is 5.61. The van der Waals surface area contributed by atoms with Crippen LogP contribution in [0.4, 0.5) is 11.4 Å². The summed E-state index contributed by atoms with van der Waals surface area (Å²) in [7, 11) is 0. The molecule has 186 valence electrons. The van der Waals surface area contributed by atoms with Gasteiger partial charge in [0.05, 0.1) is 23.5 Å². The molecule has 1 unspecified atom stereocenters. The van der Waals surface area contributed by atoms with Crippen molar-refractivity contribution in [3.05, 3.63) is 132 Å². The fraction of sp³-hybridized carbons (Fsp3) is 0.0645. The Hall–Kier alpha value is -4.62. The Morgan fingerprint density at radius 3 is 1.92 bits per heavy atom. The molecule has 2 heterocycles. The zero-order valence-corrected chi connectivity index (χ0v) is 21.0. The van der Waals surface area contributed by atoms with Crippen LogP contribution in [0.3, 0.4) is 0 Å². The van der Waals surface area contributed by atoms with Crippen LogP contribution >= 0.6 is 11.8 Å². The number of anilines is 2. The minimum atomic E-state index is -1.85. The lowest BCUT2D eigenvalue weighted by atomic mass is 9.96. The van der Waals surface area contributed by atoms with Gasteiger partial charge in [0, 0.05) is 10.5 Å². The molecule has 1 N–H and O–H groups in total. The number of para-hydroxylation sites is 2. The summed E-state index contributed by atoms with van der Waals surface area (Å²) < 4.78 is 0. The first-order valence-corrected chi connectivity index (χ1v) is 12.9. The quantitative estimate of drug-likeness (QED) is 0.211. The standard InChI is InChI=1S/C31H22N2O4S/c34-27(22-14-6-2-7-15-22)26-28(35)29(36)33-25-19-11-10-18-24(25)32(20-21-12-4-1-5-13-21)30(37)31(26,33)38-23-16-8-3-9-17-23/h1-19,34H,20H2/b27-26-. The van der Waals surface area contributed by atoms with Crippen molar-refractivity contribution in [1.29, 1.82) is 0 Å². The number of aliphatic hydroxyl groups excluding tert-OH is 1. The third-order valence-corrected chi connectivity index (χ3v) is 8.07. The molecule has 0 spiro atoms. The van der Waals surface area contributed by atoms with Crippen molar-refractivity contribution in [2.45, 2.75) is 16.3 Å². The van der Waals surface area contributed by atoms with Crippen LogP contribution in [0.15, 0.2) is 126 Å². The molecule has 1 atom stereocenters. The van der Waals surface area contributed by atoms with Crippen LogP contribution in [-0.2, 0) is 20.9 Å². The van der Waals surface area contributed by atoms with Crippen molar-refractivity contribution in [3.8, 4) is 0 Å². The van der Waals surface area contributed by atoms with Crippen LogP contribution in [-0.4, -0.2) is 27.6 Å². The van der Waals surface area contributed by atoms with Crippen molar-refractivity contribution < 1.29 is 19.5 Å². The van der Waals surface area contributed by atoms with Gasteiger partial charge in [0.15, 0.2) is 0 Å². The van der Waals surface area contributed by atoms with Crippen molar-refractivity contribution in [2.75, 3.05) is 9.80 Å². The van der Waals surface area contributed by atoms with E-state index in [1.807, 2.05) is 60.7 Å². The maximum atomic E-state index is 14.8. The number of amides is 2. The van der Waals surface area contributed by atoms with Gasteiger partial charge in [-0.2, -0.15) is 0 Å². The Kier molecular flexibility index (Phi) is 5.85. The monoisotopic (exact) mass is 518 g/mol. The number of rotatable bonds is 5. The van der Waals surface area contributed by atoms with Crippen LogP contribution in [0, 0.1) is 0 Å². The zero-order valence-electron chi connectivity index (χ0n) is 20.2. The van der Waals surface area contributed by atoms with Gasteiger partial charge in [-0.15, -0.1) is 0 Å². The molecule has 4 aromatic carbocycles. The Morgan fingerprint density at radius 2 is 1.26 bits per heavy atom. The number of benzene rings is 4. The van der Waals surface area contributed by atoms with Gasteiger partial charge in [-0.25, -0.2) is 0 Å². The number of Topliss-reactive ketones (excluding diaryl/α,β-unsaturated/α-hetero) is 1. The van der Waals surface area contributed by atoms with Crippen molar-refractivity contribution in [2.24, 2.45) is 0 Å². The van der Waals surface area contributed by atoms with Gasteiger partial charge < -0.3 is 10.0 Å². The van der Waals surface area contributed by atoms with Gasteiger partial charge in [0.1, 0.15) is 5.76 Å². The topological polar surface area (TPSA) is 77.9 Å². The second-order valence-electron chi connectivity index (χ2n) is 8.98. The van der Waals surface area contributed by atoms with Gasteiger partial charge >= 0.3 is 5.91 Å². The molecule has 1 fully saturated rings. The summed E-state index contributed by atoms with van der Waals surface area (Å²) in [4.78, 5) is 43.8. The number of aliphatic hydroxyl groups is 1. The number of ketones is 1. The third-order valence-electron chi connectivity index (χ3n) is 6.70. The Balaban J connectivity index is 1.65. The molecule has 2 aliphatic heterocycles. The maximum Gasteiger partial charge on any atom is 0.301 e. The molecular formula is C31H22N2O4S. The first kappa shape index (κ1) is 23.8. The summed E-state index contributed by atoms with van der Waals surface area (Å²) in [5, 5.41) is 11.5. The average Bonchev–Trinajstić information content (AvgIpc) is 3.19. The van der Waals surface area contributed by atoms with E-state index in [9.17, 15) is 19.5 Å². The maximum absolute atomic E-state index is 14.8. The minimum absolute atomic E-state index is 0.226. The molecule has 1 saturated heterocycles. The van der Waals surface area contributed by atoms with Gasteiger partial charge in [-0.1, -0.05) is 103 Å². The summed E-state index contributed by atoms with van der Waals surface area (Å²) in [5.74, 6) is -2.63. The fourth-order valence-electron chi connectivity index (χ4n) is 5.00. The highest BCUT2D eigenvalue weighted by molar-refractivity contribution is 8.02. The zero-order chi connectivity index (χ0) is 26.3. The lowest BCUT2D eigenvalue weighted by Gasteiger charge is -2.45. The van der Waals surface area contributed by atoms with E-state index in [0.717, 1.165) is 17.3 Å². The smallest absolute Gasteiger partial charge is 0.301 e. The SMILES string of the molecule is O=C1C(=O)N2c3ccccc3N(Cc3ccccc3)C(=O)C2(Sc2ccccc2)/C1=C(\O)c1ccccc1. The Bertz CT molecular complexity index is 1590. The van der Waals surface area contributed by atoms with Gasteiger partial charge in [0.25, 0.3) is 11.7 Å². The third kappa shape index (κ3) is 3.63. The first-order chi connectivity index (χ1) is 18.5. The van der Waals surface area contributed by atoms with Crippen LogP contribution in [0.5, 0.6) is 0 Å². The van der Waals surface area contributed by atoms with Gasteiger partial charge in [0.2, 0.25) is 4.87 Å². The molecule has 0 aliphatic carbocycles. The van der Waals surface area contributed by atoms with E-state index >= 15 is 0 Å². The second-order valence-corrected chi connectivity index (χ2v) is 10.3. The summed E-state index contributed by atoms with van der Waals surface area (Å²) >= 11 is 1.08. The predicted molar refractivity (Wildman–Crippen MR) is 148 cm³/mol. The molecule has 7 heteroatoms.